The molecule has 4 amide bonds. The summed E-state index contributed by atoms with van der Waals surface area (Å²) in [7, 11) is 0. The van der Waals surface area contributed by atoms with Crippen molar-refractivity contribution in [2.24, 2.45) is 17.6 Å². The van der Waals surface area contributed by atoms with Gasteiger partial charge in [0.25, 0.3) is 5.91 Å². The highest BCUT2D eigenvalue weighted by molar-refractivity contribution is 5.93. The predicted molar refractivity (Wildman–Crippen MR) is 169 cm³/mol. The Balaban J connectivity index is 2.20. The zero-order valence-electron chi connectivity index (χ0n) is 26.4. The fourth-order valence-electron chi connectivity index (χ4n) is 4.64. The van der Waals surface area contributed by atoms with Crippen LogP contribution in [0.1, 0.15) is 58.1 Å². The smallest absolute Gasteiger partial charge is 0.303 e. The molecule has 0 fully saturated rings. The molecule has 0 aliphatic rings. The molecule has 2 aromatic rings. The molecule has 0 heterocycles. The fourth-order valence-corrected chi connectivity index (χ4v) is 4.64. The van der Waals surface area contributed by atoms with Crippen LogP contribution in [-0.2, 0) is 36.9 Å². The quantitative estimate of drug-likeness (QED) is 0.128. The summed E-state index contributed by atoms with van der Waals surface area (Å²) >= 11 is 0. The highest BCUT2D eigenvalue weighted by Gasteiger charge is 2.33. The van der Waals surface area contributed by atoms with E-state index in [1.807, 2.05) is 74.5 Å². The molecule has 0 saturated heterocycles. The lowest BCUT2D eigenvalue weighted by Gasteiger charge is -2.29. The number of aliphatic hydroxyl groups excluding tert-OH is 1. The summed E-state index contributed by atoms with van der Waals surface area (Å²) in [6.45, 7) is 7.37. The van der Waals surface area contributed by atoms with Crippen LogP contribution >= 0.6 is 0 Å². The van der Waals surface area contributed by atoms with Gasteiger partial charge in [-0.2, -0.15) is 0 Å². The Hall–Kier alpha value is -4.29. The molecule has 45 heavy (non-hydrogen) atoms. The first-order chi connectivity index (χ1) is 21.3. The minimum atomic E-state index is -1.59. The van der Waals surface area contributed by atoms with E-state index in [0.29, 0.717) is 0 Å². The Labute approximate surface area is 264 Å². The third-order valence-electron chi connectivity index (χ3n) is 7.18. The summed E-state index contributed by atoms with van der Waals surface area (Å²) in [5, 5.41) is 30.8. The van der Waals surface area contributed by atoms with Gasteiger partial charge >= 0.3 is 5.97 Å². The van der Waals surface area contributed by atoms with E-state index < -0.39 is 59.9 Å². The lowest BCUT2D eigenvalue weighted by Crippen LogP contribution is -2.59. The van der Waals surface area contributed by atoms with Crippen LogP contribution in [0.4, 0.5) is 0 Å². The van der Waals surface area contributed by atoms with Crippen molar-refractivity contribution in [3.8, 4) is 0 Å². The maximum absolute atomic E-state index is 13.7. The molecule has 8 N–H and O–H groups in total. The van der Waals surface area contributed by atoms with Gasteiger partial charge in [-0.1, -0.05) is 88.4 Å². The number of rotatable bonds is 18. The van der Waals surface area contributed by atoms with Gasteiger partial charge in [-0.3, -0.25) is 24.0 Å². The maximum Gasteiger partial charge on any atom is 0.303 e. The minimum absolute atomic E-state index is 0.0238. The van der Waals surface area contributed by atoms with E-state index >= 15 is 0 Å². The normalized spacial score (nSPS) is 14.5. The first-order valence-corrected chi connectivity index (χ1v) is 15.2. The lowest BCUT2D eigenvalue weighted by molar-refractivity contribution is -0.137. The third-order valence-corrected chi connectivity index (χ3v) is 7.18. The summed E-state index contributed by atoms with van der Waals surface area (Å²) in [5.74, 6) is -4.06. The molecule has 0 aliphatic heterocycles. The zero-order valence-corrected chi connectivity index (χ0v) is 26.4. The third kappa shape index (κ3) is 13.1. The number of benzene rings is 2. The number of hydrogen-bond donors (Lipinski definition) is 7. The Morgan fingerprint density at radius 1 is 0.756 bits per heavy atom. The van der Waals surface area contributed by atoms with Crippen LogP contribution in [-0.4, -0.2) is 70.1 Å². The molecule has 0 saturated carbocycles. The Kier molecular flexibility index (Phi) is 15.2. The van der Waals surface area contributed by atoms with E-state index in [2.05, 4.69) is 21.3 Å². The molecule has 246 valence electrons. The topological polar surface area (TPSA) is 200 Å². The molecule has 0 aliphatic carbocycles. The standard InChI is InChI=1S/C33H47N5O7/c1-20(2)17-26(37-32(44)28(21(3)4)38-30(42)24(34)15-16-27(39)40)31(43)36-25(18-22-11-7-5-8-12-22)29(41)33(45)35-19-23-13-9-6-10-14-23/h5-14,20-21,24-26,28-29,41H,15-19,34H2,1-4H3,(H,35,45)(H,36,43)(H,37,44)(H,38,42)(H,39,40)/t24-,25-,26-,28-,29+/m0/s1. The van der Waals surface area contributed by atoms with Crippen molar-refractivity contribution < 1.29 is 34.2 Å². The highest BCUT2D eigenvalue weighted by atomic mass is 16.4. The molecule has 5 atom stereocenters. The van der Waals surface area contributed by atoms with Gasteiger partial charge in [-0.25, -0.2) is 0 Å². The zero-order chi connectivity index (χ0) is 33.5. The number of carbonyl (C=O) groups is 5. The number of nitrogens with one attached hydrogen (secondary N) is 4. The van der Waals surface area contributed by atoms with Crippen LogP contribution < -0.4 is 27.0 Å². The molecule has 0 bridgehead atoms. The predicted octanol–water partition coefficient (Wildman–Crippen LogP) is 1.26. The molecule has 0 radical (unpaired) electrons. The van der Waals surface area contributed by atoms with Crippen molar-refractivity contribution in [1.82, 2.24) is 21.3 Å². The average Bonchev–Trinajstić information content (AvgIpc) is 3.00. The first-order valence-electron chi connectivity index (χ1n) is 15.2. The van der Waals surface area contributed by atoms with Gasteiger partial charge in [0.2, 0.25) is 17.7 Å². The van der Waals surface area contributed by atoms with Crippen molar-refractivity contribution in [2.45, 2.75) is 90.2 Å². The molecule has 0 spiro atoms. The maximum atomic E-state index is 13.7. The summed E-state index contributed by atoms with van der Waals surface area (Å²) in [6, 6.07) is 14.0. The lowest BCUT2D eigenvalue weighted by atomic mass is 9.97. The number of carboxylic acids is 1. The molecular formula is C33H47N5O7. The molecule has 2 aromatic carbocycles. The van der Waals surface area contributed by atoms with Gasteiger partial charge in [-0.05, 0) is 42.2 Å². The fraction of sp³-hybridized carbons (Fsp3) is 0.485. The number of carbonyl (C=O) groups excluding carboxylic acids is 4. The van der Waals surface area contributed by atoms with Gasteiger partial charge in [0.05, 0.1) is 12.1 Å². The SMILES string of the molecule is CC(C)C[C@H](NC(=O)[C@@H](NC(=O)[C@@H](N)CCC(=O)O)C(C)C)C(=O)N[C@@H](Cc1ccccc1)[C@@H](O)C(=O)NCc1ccccc1. The van der Waals surface area contributed by atoms with E-state index in [-0.39, 0.29) is 44.1 Å². The summed E-state index contributed by atoms with van der Waals surface area (Å²) in [4.78, 5) is 63.5. The van der Waals surface area contributed by atoms with Crippen molar-refractivity contribution in [3.05, 3.63) is 71.8 Å². The second kappa shape index (κ2) is 18.5. The summed E-state index contributed by atoms with van der Waals surface area (Å²) in [6.07, 6.45) is -1.61. The summed E-state index contributed by atoms with van der Waals surface area (Å²) in [5.41, 5.74) is 7.45. The molecule has 2 rings (SSSR count). The number of amides is 4. The monoisotopic (exact) mass is 625 g/mol. The number of hydrogen-bond acceptors (Lipinski definition) is 7. The largest absolute Gasteiger partial charge is 0.481 e. The van der Waals surface area contributed by atoms with Gasteiger partial charge < -0.3 is 37.2 Å². The minimum Gasteiger partial charge on any atom is -0.481 e. The Bertz CT molecular complexity index is 1260. The van der Waals surface area contributed by atoms with Crippen LogP contribution in [0.25, 0.3) is 0 Å². The van der Waals surface area contributed by atoms with Crippen LogP contribution in [0.5, 0.6) is 0 Å². The van der Waals surface area contributed by atoms with Gasteiger partial charge in [0.15, 0.2) is 6.10 Å². The van der Waals surface area contributed by atoms with E-state index in [0.717, 1.165) is 11.1 Å². The van der Waals surface area contributed by atoms with Crippen molar-refractivity contribution in [1.29, 1.82) is 0 Å². The average molecular weight is 626 g/mol. The highest BCUT2D eigenvalue weighted by Crippen LogP contribution is 2.12. The number of nitrogens with two attached hydrogens (primary N) is 1. The van der Waals surface area contributed by atoms with Crippen molar-refractivity contribution in [3.63, 3.8) is 0 Å². The van der Waals surface area contributed by atoms with Crippen LogP contribution in [0.2, 0.25) is 0 Å². The van der Waals surface area contributed by atoms with Gasteiger partial charge in [0.1, 0.15) is 12.1 Å². The van der Waals surface area contributed by atoms with Crippen LogP contribution in [0.15, 0.2) is 60.7 Å². The second-order valence-corrected chi connectivity index (χ2v) is 11.9. The van der Waals surface area contributed by atoms with Gasteiger partial charge in [-0.15, -0.1) is 0 Å². The Morgan fingerprint density at radius 3 is 1.87 bits per heavy atom. The van der Waals surface area contributed by atoms with Crippen LogP contribution in [0.3, 0.4) is 0 Å². The first kappa shape index (κ1) is 36.9. The molecule has 12 nitrogen and oxygen atoms in total. The van der Waals surface area contributed by atoms with E-state index in [4.69, 9.17) is 10.8 Å². The molecule has 0 aromatic heterocycles. The molecular weight excluding hydrogens is 578 g/mol. The number of aliphatic carboxylic acids is 1. The van der Waals surface area contributed by atoms with Crippen molar-refractivity contribution in [2.75, 3.05) is 0 Å². The number of carboxylic acid groups (broad SMARTS) is 1. The Morgan fingerprint density at radius 2 is 1.33 bits per heavy atom. The number of aliphatic hydroxyl groups is 1. The van der Waals surface area contributed by atoms with E-state index in [1.165, 1.54) is 0 Å². The van der Waals surface area contributed by atoms with E-state index in [9.17, 15) is 29.1 Å². The molecule has 12 heteroatoms. The summed E-state index contributed by atoms with van der Waals surface area (Å²) < 4.78 is 0. The van der Waals surface area contributed by atoms with E-state index in [1.54, 1.807) is 13.8 Å². The van der Waals surface area contributed by atoms with Crippen molar-refractivity contribution >= 4 is 29.6 Å². The van der Waals surface area contributed by atoms with Gasteiger partial charge in [0, 0.05) is 13.0 Å². The molecule has 0 unspecified atom stereocenters. The van der Waals surface area contributed by atoms with Crippen LogP contribution in [0, 0.1) is 11.8 Å². The second-order valence-electron chi connectivity index (χ2n) is 11.9.